The zero-order chi connectivity index (χ0) is 15.9. The highest BCUT2D eigenvalue weighted by molar-refractivity contribution is 5.33. The van der Waals surface area contributed by atoms with Crippen LogP contribution < -0.4 is 0 Å². The highest BCUT2D eigenvalue weighted by atomic mass is 14.6. The molecule has 0 unspecified atom stereocenters. The Morgan fingerprint density at radius 2 is 1.61 bits per heavy atom. The van der Waals surface area contributed by atoms with Crippen LogP contribution in [0, 0.1) is 5.92 Å². The first-order valence-electron chi connectivity index (χ1n) is 9.34. The summed E-state index contributed by atoms with van der Waals surface area (Å²) in [5.74, 6) is 0.932. The number of benzene rings is 1. The lowest BCUT2D eigenvalue weighted by atomic mass is 9.90. The lowest BCUT2D eigenvalue weighted by Crippen LogP contribution is -2.04. The third kappa shape index (κ3) is 4.67. The average molecular weight is 307 g/mol. The fraction of sp³-hybridized carbons (Fsp3) is 0.500. The van der Waals surface area contributed by atoms with Crippen molar-refractivity contribution < 1.29 is 0 Å². The number of rotatable bonds is 7. The summed E-state index contributed by atoms with van der Waals surface area (Å²) in [6, 6.07) is 11.5. The molecule has 1 aromatic carbocycles. The molecular weight excluding hydrogens is 278 g/mol. The number of nitrogens with zero attached hydrogens (tertiary/aromatic N) is 1. The Balaban J connectivity index is 1.70. The van der Waals surface area contributed by atoms with Gasteiger partial charge in [0.05, 0.1) is 0 Å². The molecule has 1 fully saturated rings. The van der Waals surface area contributed by atoms with Crippen LogP contribution in [0.4, 0.5) is 0 Å². The van der Waals surface area contributed by atoms with E-state index in [0.29, 0.717) is 0 Å². The van der Waals surface area contributed by atoms with E-state index in [4.69, 9.17) is 0 Å². The van der Waals surface area contributed by atoms with Gasteiger partial charge in [-0.05, 0) is 66.0 Å². The van der Waals surface area contributed by atoms with Gasteiger partial charge in [0, 0.05) is 12.4 Å². The highest BCUT2D eigenvalue weighted by Gasteiger charge is 2.17. The van der Waals surface area contributed by atoms with Gasteiger partial charge < -0.3 is 0 Å². The van der Waals surface area contributed by atoms with Gasteiger partial charge in [0.15, 0.2) is 0 Å². The summed E-state index contributed by atoms with van der Waals surface area (Å²) >= 11 is 0. The molecule has 1 heterocycles. The number of hydrogen-bond donors (Lipinski definition) is 0. The molecule has 0 atom stereocenters. The second kappa shape index (κ2) is 8.29. The molecule has 23 heavy (non-hydrogen) atoms. The van der Waals surface area contributed by atoms with E-state index >= 15 is 0 Å². The van der Waals surface area contributed by atoms with Gasteiger partial charge >= 0.3 is 0 Å². The van der Waals surface area contributed by atoms with E-state index in [2.05, 4.69) is 42.2 Å². The van der Waals surface area contributed by atoms with Crippen molar-refractivity contribution in [1.82, 2.24) is 4.98 Å². The molecule has 122 valence electrons. The van der Waals surface area contributed by atoms with E-state index in [1.54, 1.807) is 11.1 Å². The first kappa shape index (κ1) is 16.2. The molecule has 1 nitrogen and oxygen atoms in total. The van der Waals surface area contributed by atoms with Crippen LogP contribution in [0.2, 0.25) is 0 Å². The molecule has 0 saturated heterocycles. The highest BCUT2D eigenvalue weighted by Crippen LogP contribution is 2.30. The molecule has 0 bridgehead atoms. The van der Waals surface area contributed by atoms with Crippen LogP contribution in [-0.4, -0.2) is 4.98 Å². The first-order valence-corrected chi connectivity index (χ1v) is 9.34. The van der Waals surface area contributed by atoms with Gasteiger partial charge in [-0.1, -0.05) is 57.2 Å². The number of aromatic nitrogens is 1. The van der Waals surface area contributed by atoms with Crippen molar-refractivity contribution in [2.24, 2.45) is 5.92 Å². The lowest BCUT2D eigenvalue weighted by Gasteiger charge is -2.15. The van der Waals surface area contributed by atoms with Crippen LogP contribution in [0.15, 0.2) is 42.7 Å². The molecule has 0 spiro atoms. The Kier molecular flexibility index (Phi) is 5.85. The van der Waals surface area contributed by atoms with Gasteiger partial charge in [-0.2, -0.15) is 0 Å². The lowest BCUT2D eigenvalue weighted by molar-refractivity contribution is 0.543. The molecule has 1 aliphatic rings. The zero-order valence-corrected chi connectivity index (χ0v) is 14.4. The fourth-order valence-corrected chi connectivity index (χ4v) is 3.90. The Hall–Kier alpha value is -1.63. The average Bonchev–Trinajstić information content (AvgIpc) is 3.09. The minimum atomic E-state index is 0.932. The molecule has 0 radical (unpaired) electrons. The van der Waals surface area contributed by atoms with Gasteiger partial charge in [-0.15, -0.1) is 0 Å². The predicted molar refractivity (Wildman–Crippen MR) is 97.7 cm³/mol. The van der Waals surface area contributed by atoms with E-state index in [1.807, 2.05) is 12.4 Å². The van der Waals surface area contributed by atoms with Crippen LogP contribution in [0.5, 0.6) is 0 Å². The van der Waals surface area contributed by atoms with Crippen molar-refractivity contribution in [1.29, 1.82) is 0 Å². The third-order valence-corrected chi connectivity index (χ3v) is 5.23. The summed E-state index contributed by atoms with van der Waals surface area (Å²) in [6.07, 6.45) is 15.6. The van der Waals surface area contributed by atoms with Crippen LogP contribution in [0.1, 0.15) is 61.3 Å². The van der Waals surface area contributed by atoms with Crippen molar-refractivity contribution in [3.8, 4) is 0 Å². The Labute approximate surface area is 141 Å². The van der Waals surface area contributed by atoms with Gasteiger partial charge in [0.25, 0.3) is 0 Å². The standard InChI is InChI=1S/C22H29N/c1-2-5-21-11-10-20(9-8-18-12-14-23-15-13-18)17-22(21)16-19-6-3-4-7-19/h10-15,17,19H,2-9,16H2,1H3. The maximum Gasteiger partial charge on any atom is 0.0270 e. The fourth-order valence-electron chi connectivity index (χ4n) is 3.90. The van der Waals surface area contributed by atoms with Crippen LogP contribution in [0.25, 0.3) is 0 Å². The van der Waals surface area contributed by atoms with Crippen molar-refractivity contribution >= 4 is 0 Å². The van der Waals surface area contributed by atoms with Gasteiger partial charge in [-0.3, -0.25) is 4.98 Å². The molecule has 2 aromatic rings. The van der Waals surface area contributed by atoms with E-state index < -0.39 is 0 Å². The molecule has 0 amide bonds. The van der Waals surface area contributed by atoms with Crippen LogP contribution >= 0.6 is 0 Å². The monoisotopic (exact) mass is 307 g/mol. The Bertz CT molecular complexity index is 597. The third-order valence-electron chi connectivity index (χ3n) is 5.23. The Morgan fingerprint density at radius 1 is 0.870 bits per heavy atom. The zero-order valence-electron chi connectivity index (χ0n) is 14.4. The summed E-state index contributed by atoms with van der Waals surface area (Å²) in [5.41, 5.74) is 6.10. The number of pyridine rings is 1. The maximum atomic E-state index is 4.10. The van der Waals surface area contributed by atoms with E-state index in [0.717, 1.165) is 18.8 Å². The minimum absolute atomic E-state index is 0.932. The van der Waals surface area contributed by atoms with Gasteiger partial charge in [0.2, 0.25) is 0 Å². The molecule has 1 saturated carbocycles. The summed E-state index contributed by atoms with van der Waals surface area (Å²) in [5, 5.41) is 0. The summed E-state index contributed by atoms with van der Waals surface area (Å²) in [6.45, 7) is 2.29. The first-order chi connectivity index (χ1) is 11.3. The molecule has 0 aliphatic heterocycles. The van der Waals surface area contributed by atoms with Gasteiger partial charge in [0.1, 0.15) is 0 Å². The Morgan fingerprint density at radius 3 is 2.35 bits per heavy atom. The molecule has 1 aromatic heterocycles. The minimum Gasteiger partial charge on any atom is -0.265 e. The van der Waals surface area contributed by atoms with Crippen LogP contribution in [0.3, 0.4) is 0 Å². The van der Waals surface area contributed by atoms with Gasteiger partial charge in [-0.25, -0.2) is 0 Å². The number of hydrogen-bond acceptors (Lipinski definition) is 1. The molecule has 3 rings (SSSR count). The van der Waals surface area contributed by atoms with E-state index in [1.165, 1.54) is 56.1 Å². The largest absolute Gasteiger partial charge is 0.265 e. The SMILES string of the molecule is CCCc1ccc(CCc2ccncc2)cc1CC1CCCC1. The summed E-state index contributed by atoms with van der Waals surface area (Å²) in [7, 11) is 0. The maximum absolute atomic E-state index is 4.10. The van der Waals surface area contributed by atoms with E-state index in [9.17, 15) is 0 Å². The summed E-state index contributed by atoms with van der Waals surface area (Å²) in [4.78, 5) is 4.10. The number of aryl methyl sites for hydroxylation is 3. The molecule has 1 heteroatoms. The molecule has 0 N–H and O–H groups in total. The normalized spacial score (nSPS) is 15.2. The van der Waals surface area contributed by atoms with E-state index in [-0.39, 0.29) is 0 Å². The van der Waals surface area contributed by atoms with Crippen molar-refractivity contribution in [3.63, 3.8) is 0 Å². The predicted octanol–water partition coefficient (Wildman–Crippen LogP) is 5.55. The molecular formula is C22H29N. The van der Waals surface area contributed by atoms with Crippen molar-refractivity contribution in [2.45, 2.75) is 64.7 Å². The van der Waals surface area contributed by atoms with Crippen LogP contribution in [-0.2, 0) is 25.7 Å². The van der Waals surface area contributed by atoms with Crippen molar-refractivity contribution in [3.05, 3.63) is 65.0 Å². The van der Waals surface area contributed by atoms with Crippen molar-refractivity contribution in [2.75, 3.05) is 0 Å². The smallest absolute Gasteiger partial charge is 0.0270 e. The molecule has 1 aliphatic carbocycles. The topological polar surface area (TPSA) is 12.9 Å². The summed E-state index contributed by atoms with van der Waals surface area (Å²) < 4.78 is 0. The second-order valence-electron chi connectivity index (χ2n) is 7.06. The second-order valence-corrected chi connectivity index (χ2v) is 7.06. The quantitative estimate of drug-likeness (QED) is 0.653.